The van der Waals surface area contributed by atoms with E-state index in [1.807, 2.05) is 62.4 Å². The first-order valence-corrected chi connectivity index (χ1v) is 10.8. The third-order valence-corrected chi connectivity index (χ3v) is 5.33. The molecule has 0 aliphatic carbocycles. The number of halogens is 1. The molecule has 0 saturated heterocycles. The molecule has 0 aliphatic rings. The fourth-order valence-electron chi connectivity index (χ4n) is 4.01. The molecule has 0 radical (unpaired) electrons. The Morgan fingerprint density at radius 3 is 1.48 bits per heavy atom. The van der Waals surface area contributed by atoms with Crippen molar-refractivity contribution in [3.05, 3.63) is 65.5 Å². The first-order chi connectivity index (χ1) is 14.7. The highest BCUT2D eigenvalue weighted by Gasteiger charge is 2.22. The van der Waals surface area contributed by atoms with Crippen LogP contribution < -0.4 is 15.4 Å². The van der Waals surface area contributed by atoms with Crippen LogP contribution in [0.25, 0.3) is 22.3 Å². The molecule has 0 bridgehead atoms. The highest BCUT2D eigenvalue weighted by Crippen LogP contribution is 2.43. The second-order valence-corrected chi connectivity index (χ2v) is 8.60. The van der Waals surface area contributed by atoms with Gasteiger partial charge in [0.25, 0.3) is 0 Å². The molecule has 4 heteroatoms. The minimum Gasteiger partial charge on any atom is -0.496 e. The maximum absolute atomic E-state index is 15.7. The summed E-state index contributed by atoms with van der Waals surface area (Å²) in [7, 11) is 1.65. The van der Waals surface area contributed by atoms with E-state index in [1.165, 1.54) is 0 Å². The van der Waals surface area contributed by atoms with Gasteiger partial charge >= 0.3 is 0 Å². The quantitative estimate of drug-likeness (QED) is 0.417. The Balaban J connectivity index is 2.09. The minimum absolute atomic E-state index is 0.206. The van der Waals surface area contributed by atoms with E-state index in [0.29, 0.717) is 29.0 Å². The van der Waals surface area contributed by atoms with Crippen LogP contribution in [-0.4, -0.2) is 19.2 Å². The van der Waals surface area contributed by atoms with Crippen molar-refractivity contribution in [2.75, 3.05) is 17.7 Å². The Morgan fingerprint density at radius 1 is 0.677 bits per heavy atom. The number of ether oxygens (including phenoxy) is 1. The van der Waals surface area contributed by atoms with Crippen LogP contribution >= 0.6 is 0 Å². The maximum Gasteiger partial charge on any atom is 0.135 e. The van der Waals surface area contributed by atoms with E-state index >= 15 is 4.39 Å². The topological polar surface area (TPSA) is 33.3 Å². The van der Waals surface area contributed by atoms with Gasteiger partial charge in [0.05, 0.1) is 7.11 Å². The van der Waals surface area contributed by atoms with E-state index in [2.05, 4.69) is 38.3 Å². The molecule has 3 aromatic rings. The average Bonchev–Trinajstić information content (AvgIpc) is 2.72. The van der Waals surface area contributed by atoms with Crippen molar-refractivity contribution in [2.45, 2.75) is 53.6 Å². The van der Waals surface area contributed by atoms with E-state index in [1.54, 1.807) is 7.11 Å². The molecule has 0 aromatic heterocycles. The van der Waals surface area contributed by atoms with Gasteiger partial charge in [-0.1, -0.05) is 24.3 Å². The van der Waals surface area contributed by atoms with Crippen LogP contribution in [0.3, 0.4) is 0 Å². The molecule has 2 N–H and O–H groups in total. The van der Waals surface area contributed by atoms with Crippen LogP contribution in [0.15, 0.2) is 48.5 Å². The van der Waals surface area contributed by atoms with E-state index in [-0.39, 0.29) is 5.82 Å². The summed E-state index contributed by atoms with van der Waals surface area (Å²) < 4.78 is 21.5. The maximum atomic E-state index is 15.7. The molecular formula is C27H33FN2O. The summed E-state index contributed by atoms with van der Waals surface area (Å²) in [6.07, 6.45) is 0. The number of anilines is 2. The molecule has 164 valence electrons. The lowest BCUT2D eigenvalue weighted by Gasteiger charge is -2.21. The van der Waals surface area contributed by atoms with Gasteiger partial charge in [-0.15, -0.1) is 0 Å². The van der Waals surface area contributed by atoms with E-state index in [4.69, 9.17) is 4.74 Å². The number of nitrogens with one attached hydrogen (secondary N) is 2. The Hall–Kier alpha value is -3.01. The summed E-state index contributed by atoms with van der Waals surface area (Å²) in [5, 5.41) is 6.76. The summed E-state index contributed by atoms with van der Waals surface area (Å²) in [4.78, 5) is 0. The predicted octanol–water partition coefficient (Wildman–Crippen LogP) is 7.43. The van der Waals surface area contributed by atoms with Gasteiger partial charge < -0.3 is 15.4 Å². The molecule has 0 heterocycles. The molecule has 3 rings (SSSR count). The molecule has 0 spiro atoms. The Bertz CT molecular complexity index is 1040. The first-order valence-electron chi connectivity index (χ1n) is 10.8. The molecule has 0 aliphatic heterocycles. The van der Waals surface area contributed by atoms with Crippen molar-refractivity contribution < 1.29 is 9.13 Å². The van der Waals surface area contributed by atoms with Crippen molar-refractivity contribution in [3.8, 4) is 28.0 Å². The molecule has 0 saturated carbocycles. The summed E-state index contributed by atoms with van der Waals surface area (Å²) in [6, 6.07) is 16.7. The van der Waals surface area contributed by atoms with Gasteiger partial charge in [-0.25, -0.2) is 4.39 Å². The van der Waals surface area contributed by atoms with Gasteiger partial charge in [0.2, 0.25) is 0 Å². The normalized spacial score (nSPS) is 11.2. The second-order valence-electron chi connectivity index (χ2n) is 8.60. The smallest absolute Gasteiger partial charge is 0.135 e. The Labute approximate surface area is 185 Å². The molecule has 31 heavy (non-hydrogen) atoms. The molecule has 3 aromatic carbocycles. The molecular weight excluding hydrogens is 387 g/mol. The monoisotopic (exact) mass is 420 g/mol. The van der Waals surface area contributed by atoms with Crippen molar-refractivity contribution >= 4 is 11.4 Å². The van der Waals surface area contributed by atoms with E-state index in [0.717, 1.165) is 33.6 Å². The summed E-state index contributed by atoms with van der Waals surface area (Å²) in [6.45, 7) is 12.1. The zero-order chi connectivity index (χ0) is 22.7. The summed E-state index contributed by atoms with van der Waals surface area (Å²) >= 11 is 0. The number of methoxy groups -OCH3 is 1. The van der Waals surface area contributed by atoms with Crippen LogP contribution in [0.4, 0.5) is 15.8 Å². The van der Waals surface area contributed by atoms with Gasteiger partial charge in [-0.3, -0.25) is 0 Å². The van der Waals surface area contributed by atoms with Crippen molar-refractivity contribution in [1.29, 1.82) is 0 Å². The number of rotatable bonds is 7. The second kappa shape index (κ2) is 9.42. The van der Waals surface area contributed by atoms with Crippen molar-refractivity contribution in [2.24, 2.45) is 0 Å². The lowest BCUT2D eigenvalue weighted by molar-refractivity contribution is 0.412. The molecule has 3 nitrogen and oxygen atoms in total. The largest absolute Gasteiger partial charge is 0.496 e. The van der Waals surface area contributed by atoms with Crippen molar-refractivity contribution in [1.82, 2.24) is 0 Å². The zero-order valence-corrected chi connectivity index (χ0v) is 19.6. The fourth-order valence-corrected chi connectivity index (χ4v) is 4.01. The third kappa shape index (κ3) is 4.84. The summed E-state index contributed by atoms with van der Waals surface area (Å²) in [5.74, 6) is 0.505. The van der Waals surface area contributed by atoms with Crippen LogP contribution in [-0.2, 0) is 0 Å². The van der Waals surface area contributed by atoms with Crippen molar-refractivity contribution in [3.63, 3.8) is 0 Å². The SMILES string of the molecule is COc1c(C)c(-c2ccc(NC(C)C)cc2)c(F)c(C)c1-c1ccc(NC(C)C)cc1. The molecule has 0 unspecified atom stereocenters. The van der Waals surface area contributed by atoms with Crippen LogP contribution in [0, 0.1) is 19.7 Å². The van der Waals surface area contributed by atoms with Gasteiger partial charge in [-0.05, 0) is 82.5 Å². The van der Waals surface area contributed by atoms with E-state index < -0.39 is 0 Å². The lowest BCUT2D eigenvalue weighted by atomic mass is 9.89. The van der Waals surface area contributed by atoms with Crippen LogP contribution in [0.5, 0.6) is 5.75 Å². The third-order valence-electron chi connectivity index (χ3n) is 5.33. The van der Waals surface area contributed by atoms with Gasteiger partial charge in [-0.2, -0.15) is 0 Å². The molecule has 0 fully saturated rings. The van der Waals surface area contributed by atoms with Gasteiger partial charge in [0.15, 0.2) is 0 Å². The number of benzene rings is 3. The molecule has 0 atom stereocenters. The minimum atomic E-state index is -0.206. The van der Waals surface area contributed by atoms with E-state index in [9.17, 15) is 0 Å². The highest BCUT2D eigenvalue weighted by atomic mass is 19.1. The van der Waals surface area contributed by atoms with Crippen LogP contribution in [0.1, 0.15) is 38.8 Å². The standard InChI is InChI=1S/C27H33FN2O/c1-16(2)29-22-12-8-20(9-13-22)24-19(6)27(31-7)25(18(5)26(24)28)21-10-14-23(15-11-21)30-17(3)4/h8-17,29-30H,1-7H3. The lowest BCUT2D eigenvalue weighted by Crippen LogP contribution is -2.09. The fraction of sp³-hybridized carbons (Fsp3) is 0.333. The zero-order valence-electron chi connectivity index (χ0n) is 19.6. The number of hydrogen-bond acceptors (Lipinski definition) is 3. The first kappa shape index (κ1) is 22.7. The number of hydrogen-bond donors (Lipinski definition) is 2. The molecule has 0 amide bonds. The summed E-state index contributed by atoms with van der Waals surface area (Å²) in [5.41, 5.74) is 6.62. The van der Waals surface area contributed by atoms with Gasteiger partial charge in [0, 0.05) is 40.1 Å². The Morgan fingerprint density at radius 2 is 1.10 bits per heavy atom. The highest BCUT2D eigenvalue weighted by molar-refractivity contribution is 5.84. The Kier molecular flexibility index (Phi) is 6.89. The van der Waals surface area contributed by atoms with Gasteiger partial charge in [0.1, 0.15) is 11.6 Å². The average molecular weight is 421 g/mol. The predicted molar refractivity (Wildman–Crippen MR) is 131 cm³/mol. The van der Waals surface area contributed by atoms with Crippen LogP contribution in [0.2, 0.25) is 0 Å².